The second-order valence-electron chi connectivity index (χ2n) is 7.10. The molecule has 0 unspecified atom stereocenters. The van der Waals surface area contributed by atoms with Crippen molar-refractivity contribution in [3.63, 3.8) is 0 Å². The van der Waals surface area contributed by atoms with Crippen LogP contribution in [0.25, 0.3) is 0 Å². The molecule has 0 spiro atoms. The molecule has 1 aliphatic rings. The van der Waals surface area contributed by atoms with Crippen molar-refractivity contribution in [3.05, 3.63) is 69.3 Å². The van der Waals surface area contributed by atoms with E-state index in [1.807, 2.05) is 17.5 Å². The highest BCUT2D eigenvalue weighted by Crippen LogP contribution is 2.24. The van der Waals surface area contributed by atoms with Gasteiger partial charge in [-0.25, -0.2) is 0 Å². The Bertz CT molecular complexity index is 908. The molecule has 3 rings (SSSR count). The lowest BCUT2D eigenvalue weighted by atomic mass is 9.88. The molecule has 1 fully saturated rings. The lowest BCUT2D eigenvalue weighted by Gasteiger charge is -2.35. The van der Waals surface area contributed by atoms with Gasteiger partial charge in [-0.2, -0.15) is 0 Å². The highest BCUT2D eigenvalue weighted by Gasteiger charge is 2.34. The molecule has 2 heterocycles. The third-order valence-corrected chi connectivity index (χ3v) is 6.47. The molecule has 2 aromatic rings. The van der Waals surface area contributed by atoms with Crippen molar-refractivity contribution in [1.82, 2.24) is 15.5 Å². The van der Waals surface area contributed by atoms with Crippen molar-refractivity contribution in [3.8, 4) is 0 Å². The van der Waals surface area contributed by atoms with E-state index >= 15 is 0 Å². The Labute approximate surface area is 188 Å². The predicted octanol–water partition coefficient (Wildman–Crippen LogP) is 3.46. The maximum atomic E-state index is 12.8. The largest absolute Gasteiger partial charge is 0.351 e. The van der Waals surface area contributed by atoms with Crippen molar-refractivity contribution < 1.29 is 14.4 Å². The van der Waals surface area contributed by atoms with Gasteiger partial charge in [-0.05, 0) is 48.4 Å². The molecule has 0 radical (unpaired) electrons. The number of nitrogens with zero attached hydrogens (tertiary/aromatic N) is 1. The lowest BCUT2D eigenvalue weighted by molar-refractivity contribution is -0.124. The van der Waals surface area contributed by atoms with Gasteiger partial charge in [0.05, 0.1) is 4.88 Å². The number of halogens is 1. The number of amides is 3. The molecule has 1 aromatic heterocycles. The topological polar surface area (TPSA) is 78.5 Å². The predicted molar refractivity (Wildman–Crippen MR) is 122 cm³/mol. The molecule has 1 atom stereocenters. The zero-order valence-electron chi connectivity index (χ0n) is 16.5. The summed E-state index contributed by atoms with van der Waals surface area (Å²) < 4.78 is 0.860. The zero-order chi connectivity index (χ0) is 21.5. The van der Waals surface area contributed by atoms with Crippen LogP contribution < -0.4 is 10.6 Å². The Hall–Kier alpha value is -2.45. The Morgan fingerprint density at radius 1 is 1.23 bits per heavy atom. The second-order valence-corrected chi connectivity index (χ2v) is 8.97. The van der Waals surface area contributed by atoms with Crippen molar-refractivity contribution in [2.45, 2.75) is 18.9 Å². The second kappa shape index (κ2) is 10.5. The Morgan fingerprint density at radius 3 is 2.63 bits per heavy atom. The van der Waals surface area contributed by atoms with E-state index in [0.29, 0.717) is 42.9 Å². The van der Waals surface area contributed by atoms with Gasteiger partial charge in [0.15, 0.2) is 0 Å². The number of hydrogen-bond donors (Lipinski definition) is 2. The van der Waals surface area contributed by atoms with E-state index < -0.39 is 6.04 Å². The Balaban J connectivity index is 1.66. The molecule has 30 heavy (non-hydrogen) atoms. The standard InChI is InChI=1S/C22H24BrN3O3S/c1-2-10-24-21(28)19(25-20(27)18-7-4-13-30-18)15-8-11-26(12-9-15)22(29)16-5-3-6-17(23)14-16/h2-7,13-15,19H,1,8-12H2,(H,24,28)(H,25,27)/t19-/m1/s1. The summed E-state index contributed by atoms with van der Waals surface area (Å²) in [6.45, 7) is 5.04. The van der Waals surface area contributed by atoms with Crippen LogP contribution in [0.2, 0.25) is 0 Å². The average molecular weight is 490 g/mol. The number of nitrogens with one attached hydrogen (secondary N) is 2. The van der Waals surface area contributed by atoms with Crippen LogP contribution in [0.1, 0.15) is 32.9 Å². The normalized spacial score (nSPS) is 15.3. The van der Waals surface area contributed by atoms with Crippen molar-refractivity contribution in [2.24, 2.45) is 5.92 Å². The molecule has 8 heteroatoms. The summed E-state index contributed by atoms with van der Waals surface area (Å²) in [7, 11) is 0. The number of carbonyl (C=O) groups excluding carboxylic acids is 3. The summed E-state index contributed by atoms with van der Waals surface area (Å²) >= 11 is 4.73. The maximum Gasteiger partial charge on any atom is 0.262 e. The zero-order valence-corrected chi connectivity index (χ0v) is 18.9. The number of hydrogen-bond acceptors (Lipinski definition) is 4. The van der Waals surface area contributed by atoms with Crippen LogP contribution in [0.3, 0.4) is 0 Å². The molecule has 0 bridgehead atoms. The molecule has 1 aliphatic heterocycles. The van der Waals surface area contributed by atoms with E-state index in [9.17, 15) is 14.4 Å². The number of benzene rings is 1. The highest BCUT2D eigenvalue weighted by molar-refractivity contribution is 9.10. The molecule has 2 N–H and O–H groups in total. The van der Waals surface area contributed by atoms with Gasteiger partial charge < -0.3 is 15.5 Å². The molecule has 1 aromatic carbocycles. The molecule has 1 saturated heterocycles. The van der Waals surface area contributed by atoms with Crippen LogP contribution in [0.15, 0.2) is 58.9 Å². The minimum absolute atomic E-state index is 0.0231. The van der Waals surface area contributed by atoms with Gasteiger partial charge >= 0.3 is 0 Å². The van der Waals surface area contributed by atoms with E-state index in [1.54, 1.807) is 35.2 Å². The Morgan fingerprint density at radius 2 is 2.00 bits per heavy atom. The van der Waals surface area contributed by atoms with Gasteiger partial charge in [-0.1, -0.05) is 34.1 Å². The number of thiophene rings is 1. The number of carbonyl (C=O) groups is 3. The smallest absolute Gasteiger partial charge is 0.262 e. The van der Waals surface area contributed by atoms with Crippen LogP contribution in [-0.4, -0.2) is 48.3 Å². The summed E-state index contributed by atoms with van der Waals surface area (Å²) in [5.41, 5.74) is 0.633. The summed E-state index contributed by atoms with van der Waals surface area (Å²) in [6.07, 6.45) is 2.88. The lowest BCUT2D eigenvalue weighted by Crippen LogP contribution is -2.53. The molecule has 0 aliphatic carbocycles. The quantitative estimate of drug-likeness (QED) is 0.584. The highest BCUT2D eigenvalue weighted by atomic mass is 79.9. The number of rotatable bonds is 7. The van der Waals surface area contributed by atoms with E-state index in [-0.39, 0.29) is 23.6 Å². The number of likely N-dealkylation sites (tertiary alicyclic amines) is 1. The first-order valence-electron chi connectivity index (χ1n) is 9.77. The van der Waals surface area contributed by atoms with Crippen LogP contribution in [0.5, 0.6) is 0 Å². The van der Waals surface area contributed by atoms with E-state index in [4.69, 9.17) is 0 Å². The molecular formula is C22H24BrN3O3S. The summed E-state index contributed by atoms with van der Waals surface area (Å²) in [5.74, 6) is -0.553. The van der Waals surface area contributed by atoms with Gasteiger partial charge in [0.25, 0.3) is 11.8 Å². The fourth-order valence-electron chi connectivity index (χ4n) is 3.54. The minimum Gasteiger partial charge on any atom is -0.351 e. The van der Waals surface area contributed by atoms with Gasteiger partial charge in [0, 0.05) is 29.7 Å². The first-order chi connectivity index (χ1) is 14.5. The maximum absolute atomic E-state index is 12.8. The summed E-state index contributed by atoms with van der Waals surface area (Å²) in [4.78, 5) is 40.4. The SMILES string of the molecule is C=CCNC(=O)[C@H](NC(=O)c1cccs1)C1CCN(C(=O)c2cccc(Br)c2)CC1. The van der Waals surface area contributed by atoms with Crippen LogP contribution in [0, 0.1) is 5.92 Å². The van der Waals surface area contributed by atoms with Crippen molar-refractivity contribution >= 4 is 45.0 Å². The summed E-state index contributed by atoms with van der Waals surface area (Å²) in [6, 6.07) is 10.2. The van der Waals surface area contributed by atoms with Gasteiger partial charge in [0.1, 0.15) is 6.04 Å². The number of piperidine rings is 1. The van der Waals surface area contributed by atoms with Crippen LogP contribution in [-0.2, 0) is 4.79 Å². The molecule has 3 amide bonds. The van der Waals surface area contributed by atoms with Crippen molar-refractivity contribution in [1.29, 1.82) is 0 Å². The fourth-order valence-corrected chi connectivity index (χ4v) is 4.57. The van der Waals surface area contributed by atoms with Gasteiger partial charge in [0.2, 0.25) is 5.91 Å². The minimum atomic E-state index is -0.650. The first kappa shape index (κ1) is 22.2. The van der Waals surface area contributed by atoms with E-state index in [2.05, 4.69) is 33.1 Å². The molecular weight excluding hydrogens is 466 g/mol. The first-order valence-corrected chi connectivity index (χ1v) is 11.4. The molecule has 158 valence electrons. The van der Waals surface area contributed by atoms with E-state index in [0.717, 1.165) is 4.47 Å². The Kier molecular flexibility index (Phi) is 7.81. The molecule has 6 nitrogen and oxygen atoms in total. The summed E-state index contributed by atoms with van der Waals surface area (Å²) in [5, 5.41) is 7.52. The van der Waals surface area contributed by atoms with Gasteiger partial charge in [-0.15, -0.1) is 17.9 Å². The third-order valence-electron chi connectivity index (χ3n) is 5.10. The van der Waals surface area contributed by atoms with Crippen LogP contribution >= 0.6 is 27.3 Å². The third kappa shape index (κ3) is 5.58. The molecule has 0 saturated carbocycles. The van der Waals surface area contributed by atoms with Crippen molar-refractivity contribution in [2.75, 3.05) is 19.6 Å². The van der Waals surface area contributed by atoms with Crippen LogP contribution in [0.4, 0.5) is 0 Å². The van der Waals surface area contributed by atoms with E-state index in [1.165, 1.54) is 11.3 Å². The monoisotopic (exact) mass is 489 g/mol. The fraction of sp³-hybridized carbons (Fsp3) is 0.318. The average Bonchev–Trinajstić information content (AvgIpc) is 3.30. The van der Waals surface area contributed by atoms with Gasteiger partial charge in [-0.3, -0.25) is 14.4 Å².